The predicted molar refractivity (Wildman–Crippen MR) is 120 cm³/mol. The smallest absolute Gasteiger partial charge is 0.263 e. The van der Waals surface area contributed by atoms with Gasteiger partial charge in [-0.25, -0.2) is 0 Å². The van der Waals surface area contributed by atoms with Crippen LogP contribution in [0.5, 0.6) is 0 Å². The van der Waals surface area contributed by atoms with E-state index in [9.17, 15) is 4.79 Å². The first-order valence-electron chi connectivity index (χ1n) is 11.7. The van der Waals surface area contributed by atoms with Crippen LogP contribution in [0, 0.1) is 12.8 Å². The summed E-state index contributed by atoms with van der Waals surface area (Å²) in [7, 11) is 0. The number of hydrogen-bond donors (Lipinski definition) is 0. The van der Waals surface area contributed by atoms with Crippen LogP contribution in [0.2, 0.25) is 0 Å². The molecule has 0 radical (unpaired) electrons. The van der Waals surface area contributed by atoms with Crippen molar-refractivity contribution < 1.29 is 14.3 Å². The molecule has 0 N–H and O–H groups in total. The Morgan fingerprint density at radius 1 is 1.03 bits per heavy atom. The van der Waals surface area contributed by atoms with Gasteiger partial charge in [-0.1, -0.05) is 0 Å². The van der Waals surface area contributed by atoms with Gasteiger partial charge in [-0.2, -0.15) is 0 Å². The Morgan fingerprint density at radius 2 is 1.73 bits per heavy atom. The lowest BCUT2D eigenvalue weighted by atomic mass is 9.94. The third-order valence-electron chi connectivity index (χ3n) is 6.86. The van der Waals surface area contributed by atoms with Crippen molar-refractivity contribution in [1.29, 1.82) is 0 Å². The van der Waals surface area contributed by atoms with Crippen LogP contribution in [-0.4, -0.2) is 98.9 Å². The highest BCUT2D eigenvalue weighted by molar-refractivity contribution is 7.13. The molecule has 4 rings (SSSR count). The number of aryl methyl sites for hydroxylation is 1. The van der Waals surface area contributed by atoms with E-state index in [1.54, 1.807) is 11.3 Å². The van der Waals surface area contributed by atoms with Gasteiger partial charge in [0, 0.05) is 69.9 Å². The van der Waals surface area contributed by atoms with Crippen molar-refractivity contribution in [2.75, 3.05) is 72.2 Å². The van der Waals surface area contributed by atoms with Crippen LogP contribution in [0.15, 0.2) is 12.1 Å². The Labute approximate surface area is 185 Å². The molecule has 7 heteroatoms. The van der Waals surface area contributed by atoms with Crippen molar-refractivity contribution in [3.8, 4) is 0 Å². The highest BCUT2D eigenvalue weighted by Gasteiger charge is 2.29. The Bertz CT molecular complexity index is 662. The number of hydrogen-bond acceptors (Lipinski definition) is 6. The van der Waals surface area contributed by atoms with Gasteiger partial charge in [-0.05, 0) is 50.7 Å². The van der Waals surface area contributed by atoms with E-state index in [0.29, 0.717) is 12.0 Å². The molecular weight excluding hydrogens is 398 g/mol. The Balaban J connectivity index is 1.28. The van der Waals surface area contributed by atoms with E-state index in [4.69, 9.17) is 9.47 Å². The Kier molecular flexibility index (Phi) is 8.18. The van der Waals surface area contributed by atoms with E-state index in [2.05, 4.69) is 21.6 Å². The second-order valence-electron chi connectivity index (χ2n) is 8.94. The van der Waals surface area contributed by atoms with Crippen LogP contribution >= 0.6 is 11.3 Å². The van der Waals surface area contributed by atoms with Gasteiger partial charge in [0.15, 0.2) is 0 Å². The predicted octanol–water partition coefficient (Wildman–Crippen LogP) is 2.72. The average molecular weight is 436 g/mol. The summed E-state index contributed by atoms with van der Waals surface area (Å²) < 4.78 is 11.1. The lowest BCUT2D eigenvalue weighted by molar-refractivity contribution is 0.00626. The first-order valence-corrected chi connectivity index (χ1v) is 12.5. The number of carbonyl (C=O) groups excluding carboxylic acids is 1. The zero-order valence-corrected chi connectivity index (χ0v) is 19.2. The van der Waals surface area contributed by atoms with Gasteiger partial charge in [-0.15, -0.1) is 11.3 Å². The summed E-state index contributed by atoms with van der Waals surface area (Å²) in [6.07, 6.45) is 4.54. The standard InChI is InChI=1S/C23H37N3O3S/c1-19-2-3-22(30-19)23(27)25-8-4-20(5-9-25)18-26(21-6-14-28-15-7-21)11-10-24-12-16-29-17-13-24/h2-3,20-21H,4-18H2,1H3. The number of thiophene rings is 1. The van der Waals surface area contributed by atoms with Crippen LogP contribution in [0.3, 0.4) is 0 Å². The van der Waals surface area contributed by atoms with Crippen molar-refractivity contribution >= 4 is 17.2 Å². The molecule has 0 saturated carbocycles. The number of morpholine rings is 1. The van der Waals surface area contributed by atoms with Crippen LogP contribution in [0.1, 0.15) is 40.2 Å². The number of ether oxygens (including phenoxy) is 2. The molecule has 0 spiro atoms. The SMILES string of the molecule is Cc1ccc(C(=O)N2CCC(CN(CCN3CCOCC3)C3CCOCC3)CC2)s1. The van der Waals surface area contributed by atoms with E-state index in [0.717, 1.165) is 103 Å². The lowest BCUT2D eigenvalue weighted by Crippen LogP contribution is -2.49. The molecule has 3 saturated heterocycles. The first kappa shape index (κ1) is 22.2. The van der Waals surface area contributed by atoms with Gasteiger partial charge < -0.3 is 14.4 Å². The van der Waals surface area contributed by atoms with E-state index in [-0.39, 0.29) is 5.91 Å². The van der Waals surface area contributed by atoms with Gasteiger partial charge in [0.1, 0.15) is 0 Å². The van der Waals surface area contributed by atoms with E-state index >= 15 is 0 Å². The van der Waals surface area contributed by atoms with Crippen LogP contribution < -0.4 is 0 Å². The van der Waals surface area contributed by atoms with Gasteiger partial charge in [0.25, 0.3) is 5.91 Å². The molecule has 1 amide bonds. The van der Waals surface area contributed by atoms with Crippen molar-refractivity contribution in [2.24, 2.45) is 5.92 Å². The Morgan fingerprint density at radius 3 is 2.40 bits per heavy atom. The van der Waals surface area contributed by atoms with Gasteiger partial charge in [0.05, 0.1) is 18.1 Å². The first-order chi connectivity index (χ1) is 14.7. The summed E-state index contributed by atoms with van der Waals surface area (Å²) in [5.74, 6) is 0.909. The summed E-state index contributed by atoms with van der Waals surface area (Å²) in [4.78, 5) is 22.2. The molecule has 1 aromatic heterocycles. The molecule has 0 aromatic carbocycles. The van der Waals surface area contributed by atoms with Gasteiger partial charge >= 0.3 is 0 Å². The molecule has 3 aliphatic heterocycles. The fourth-order valence-electron chi connectivity index (χ4n) is 4.92. The second kappa shape index (κ2) is 11.0. The minimum Gasteiger partial charge on any atom is -0.381 e. The zero-order valence-electron chi connectivity index (χ0n) is 18.4. The summed E-state index contributed by atoms with van der Waals surface area (Å²) in [5.41, 5.74) is 0. The van der Waals surface area contributed by atoms with Crippen LogP contribution in [-0.2, 0) is 9.47 Å². The topological polar surface area (TPSA) is 45.3 Å². The monoisotopic (exact) mass is 435 g/mol. The fourth-order valence-corrected chi connectivity index (χ4v) is 5.76. The minimum atomic E-state index is 0.222. The molecule has 0 atom stereocenters. The second-order valence-corrected chi connectivity index (χ2v) is 10.2. The molecule has 6 nitrogen and oxygen atoms in total. The summed E-state index contributed by atoms with van der Waals surface area (Å²) in [6.45, 7) is 12.9. The number of piperidine rings is 1. The largest absolute Gasteiger partial charge is 0.381 e. The van der Waals surface area contributed by atoms with Crippen molar-refractivity contribution in [3.05, 3.63) is 21.9 Å². The van der Waals surface area contributed by atoms with Crippen molar-refractivity contribution in [3.63, 3.8) is 0 Å². The normalized spacial score (nSPS) is 22.7. The summed E-state index contributed by atoms with van der Waals surface area (Å²) >= 11 is 1.61. The van der Waals surface area contributed by atoms with Gasteiger partial charge in [0.2, 0.25) is 0 Å². The number of carbonyl (C=O) groups is 1. The maximum absolute atomic E-state index is 12.8. The van der Waals surface area contributed by atoms with E-state index in [1.807, 2.05) is 12.1 Å². The molecule has 0 bridgehead atoms. The number of amides is 1. The van der Waals surface area contributed by atoms with Crippen LogP contribution in [0.4, 0.5) is 0 Å². The highest BCUT2D eigenvalue weighted by atomic mass is 32.1. The highest BCUT2D eigenvalue weighted by Crippen LogP contribution is 2.25. The quantitative estimate of drug-likeness (QED) is 0.659. The van der Waals surface area contributed by atoms with Crippen molar-refractivity contribution in [2.45, 2.75) is 38.6 Å². The maximum atomic E-state index is 12.8. The van der Waals surface area contributed by atoms with Gasteiger partial charge in [-0.3, -0.25) is 14.6 Å². The molecule has 0 aliphatic carbocycles. The number of likely N-dealkylation sites (tertiary alicyclic amines) is 1. The molecular formula is C23H37N3O3S. The maximum Gasteiger partial charge on any atom is 0.263 e. The van der Waals surface area contributed by atoms with E-state index in [1.165, 1.54) is 4.88 Å². The molecule has 3 aliphatic rings. The number of rotatable bonds is 7. The van der Waals surface area contributed by atoms with E-state index < -0.39 is 0 Å². The Hall–Kier alpha value is -0.990. The van der Waals surface area contributed by atoms with Crippen molar-refractivity contribution in [1.82, 2.24) is 14.7 Å². The molecule has 1 aromatic rings. The summed E-state index contributed by atoms with van der Waals surface area (Å²) in [5, 5.41) is 0. The number of nitrogens with zero attached hydrogens (tertiary/aromatic N) is 3. The molecule has 168 valence electrons. The molecule has 3 fully saturated rings. The average Bonchev–Trinajstić information content (AvgIpc) is 3.24. The molecule has 30 heavy (non-hydrogen) atoms. The lowest BCUT2D eigenvalue weighted by Gasteiger charge is -2.40. The summed E-state index contributed by atoms with van der Waals surface area (Å²) in [6, 6.07) is 4.67. The molecule has 0 unspecified atom stereocenters. The molecule has 4 heterocycles. The fraction of sp³-hybridized carbons (Fsp3) is 0.783. The van der Waals surface area contributed by atoms with Crippen LogP contribution in [0.25, 0.3) is 0 Å². The zero-order chi connectivity index (χ0) is 20.8. The third-order valence-corrected chi connectivity index (χ3v) is 7.85. The minimum absolute atomic E-state index is 0.222. The third kappa shape index (κ3) is 6.04.